The molecule has 0 saturated heterocycles. The highest BCUT2D eigenvalue weighted by Gasteiger charge is 2.07. The average molecular weight is 144 g/mol. The molecule has 0 aliphatic rings. The Hall–Kier alpha value is -0.0400. The summed E-state index contributed by atoms with van der Waals surface area (Å²) in [7, 11) is 0. The van der Waals surface area contributed by atoms with Gasteiger partial charge in [-0.1, -0.05) is 20.8 Å². The van der Waals surface area contributed by atoms with E-state index in [4.69, 9.17) is 5.11 Å². The van der Waals surface area contributed by atoms with E-state index in [-0.39, 0.29) is 6.10 Å². The van der Waals surface area contributed by atoms with E-state index in [1.807, 2.05) is 6.92 Å². The molecule has 10 heavy (non-hydrogen) atoms. The molecule has 0 fully saturated rings. The Kier molecular flexibility index (Phi) is 4.71. The van der Waals surface area contributed by atoms with Gasteiger partial charge in [0, 0.05) is 0 Å². The number of rotatable bonds is 4. The zero-order valence-electron chi connectivity index (χ0n) is 7.59. The van der Waals surface area contributed by atoms with Crippen molar-refractivity contribution in [2.75, 3.05) is 0 Å². The van der Waals surface area contributed by atoms with Gasteiger partial charge in [-0.3, -0.25) is 0 Å². The first-order valence-corrected chi connectivity index (χ1v) is 4.20. The van der Waals surface area contributed by atoms with Gasteiger partial charge in [0.05, 0.1) is 6.10 Å². The molecule has 0 aromatic carbocycles. The summed E-state index contributed by atoms with van der Waals surface area (Å²) < 4.78 is 0. The summed E-state index contributed by atoms with van der Waals surface area (Å²) in [4.78, 5) is 0. The van der Waals surface area contributed by atoms with Crippen LogP contribution in [-0.4, -0.2) is 11.2 Å². The van der Waals surface area contributed by atoms with Gasteiger partial charge in [0.2, 0.25) is 0 Å². The fourth-order valence-corrected chi connectivity index (χ4v) is 1.48. The Morgan fingerprint density at radius 2 is 1.50 bits per heavy atom. The fraction of sp³-hybridized carbons (Fsp3) is 1.00. The van der Waals surface area contributed by atoms with E-state index < -0.39 is 0 Å². The second-order valence-electron chi connectivity index (χ2n) is 3.82. The van der Waals surface area contributed by atoms with E-state index in [9.17, 15) is 0 Å². The van der Waals surface area contributed by atoms with Crippen LogP contribution in [0.25, 0.3) is 0 Å². The SMILES string of the molecule is CC(C)C[C@H](C)C[C@H](C)O. The lowest BCUT2D eigenvalue weighted by molar-refractivity contribution is 0.158. The predicted octanol–water partition coefficient (Wildman–Crippen LogP) is 2.44. The van der Waals surface area contributed by atoms with Crippen molar-refractivity contribution < 1.29 is 5.11 Å². The van der Waals surface area contributed by atoms with Crippen LogP contribution in [0.2, 0.25) is 0 Å². The van der Waals surface area contributed by atoms with E-state index in [1.54, 1.807) is 0 Å². The Morgan fingerprint density at radius 3 is 1.80 bits per heavy atom. The number of hydrogen-bond acceptors (Lipinski definition) is 1. The Bertz CT molecular complexity index is 66.8. The topological polar surface area (TPSA) is 20.2 Å². The highest BCUT2D eigenvalue weighted by molar-refractivity contribution is 4.59. The Balaban J connectivity index is 3.34. The molecule has 1 N–H and O–H groups in total. The lowest BCUT2D eigenvalue weighted by Crippen LogP contribution is -2.08. The normalized spacial score (nSPS) is 17.4. The van der Waals surface area contributed by atoms with Gasteiger partial charge >= 0.3 is 0 Å². The van der Waals surface area contributed by atoms with Crippen molar-refractivity contribution in [2.24, 2.45) is 11.8 Å². The van der Waals surface area contributed by atoms with Crippen molar-refractivity contribution in [1.29, 1.82) is 0 Å². The van der Waals surface area contributed by atoms with Gasteiger partial charge in [0.15, 0.2) is 0 Å². The van der Waals surface area contributed by atoms with E-state index in [1.165, 1.54) is 6.42 Å². The van der Waals surface area contributed by atoms with Crippen LogP contribution in [-0.2, 0) is 0 Å². The molecule has 0 aliphatic heterocycles. The third-order valence-electron chi connectivity index (χ3n) is 1.62. The molecule has 2 atom stereocenters. The maximum Gasteiger partial charge on any atom is 0.0514 e. The molecule has 0 heterocycles. The second-order valence-corrected chi connectivity index (χ2v) is 3.82. The number of hydrogen-bond donors (Lipinski definition) is 1. The van der Waals surface area contributed by atoms with Crippen LogP contribution in [0.3, 0.4) is 0 Å². The molecule has 0 aromatic heterocycles. The first-order chi connectivity index (χ1) is 4.52. The summed E-state index contributed by atoms with van der Waals surface area (Å²) in [5.74, 6) is 1.42. The fourth-order valence-electron chi connectivity index (χ4n) is 1.48. The van der Waals surface area contributed by atoms with Gasteiger partial charge in [-0.05, 0) is 31.6 Å². The lowest BCUT2D eigenvalue weighted by atomic mass is 9.94. The minimum Gasteiger partial charge on any atom is -0.393 e. The minimum absolute atomic E-state index is 0.131. The molecule has 1 heteroatoms. The van der Waals surface area contributed by atoms with Crippen LogP contribution < -0.4 is 0 Å². The van der Waals surface area contributed by atoms with Crippen LogP contribution in [0.1, 0.15) is 40.5 Å². The highest BCUT2D eigenvalue weighted by Crippen LogP contribution is 2.15. The minimum atomic E-state index is -0.131. The molecule has 0 radical (unpaired) electrons. The van der Waals surface area contributed by atoms with Gasteiger partial charge in [-0.15, -0.1) is 0 Å². The standard InChI is InChI=1S/C9H20O/c1-7(2)5-8(3)6-9(4)10/h7-10H,5-6H2,1-4H3/t8-,9-/m0/s1. The van der Waals surface area contributed by atoms with Crippen LogP contribution in [0.15, 0.2) is 0 Å². The summed E-state index contributed by atoms with van der Waals surface area (Å²) in [6.07, 6.45) is 2.04. The lowest BCUT2D eigenvalue weighted by Gasteiger charge is -2.14. The zero-order valence-corrected chi connectivity index (χ0v) is 7.59. The van der Waals surface area contributed by atoms with Gasteiger partial charge in [-0.2, -0.15) is 0 Å². The van der Waals surface area contributed by atoms with Crippen molar-refractivity contribution in [3.63, 3.8) is 0 Å². The average Bonchev–Trinajstić information content (AvgIpc) is 1.58. The summed E-state index contributed by atoms with van der Waals surface area (Å²) in [6, 6.07) is 0. The van der Waals surface area contributed by atoms with Gasteiger partial charge in [-0.25, -0.2) is 0 Å². The third kappa shape index (κ3) is 6.09. The number of aliphatic hydroxyl groups is 1. The maximum absolute atomic E-state index is 9.04. The summed E-state index contributed by atoms with van der Waals surface area (Å²) >= 11 is 0. The molecule has 0 saturated carbocycles. The Morgan fingerprint density at radius 1 is 1.00 bits per heavy atom. The van der Waals surface area contributed by atoms with Gasteiger partial charge in [0.25, 0.3) is 0 Å². The largest absolute Gasteiger partial charge is 0.393 e. The van der Waals surface area contributed by atoms with Crippen molar-refractivity contribution >= 4 is 0 Å². The second kappa shape index (κ2) is 4.73. The smallest absolute Gasteiger partial charge is 0.0514 e. The van der Waals surface area contributed by atoms with Crippen LogP contribution in [0.4, 0.5) is 0 Å². The molecule has 0 amide bonds. The molecular formula is C9H20O. The monoisotopic (exact) mass is 144 g/mol. The zero-order chi connectivity index (χ0) is 8.15. The molecular weight excluding hydrogens is 124 g/mol. The van der Waals surface area contributed by atoms with Crippen molar-refractivity contribution in [3.8, 4) is 0 Å². The quantitative estimate of drug-likeness (QED) is 0.642. The third-order valence-corrected chi connectivity index (χ3v) is 1.62. The molecule has 0 unspecified atom stereocenters. The Labute approximate surface area is 64.5 Å². The highest BCUT2D eigenvalue weighted by atomic mass is 16.3. The summed E-state index contributed by atoms with van der Waals surface area (Å²) in [5, 5.41) is 9.04. The molecule has 1 nitrogen and oxygen atoms in total. The van der Waals surface area contributed by atoms with E-state index >= 15 is 0 Å². The molecule has 0 bridgehead atoms. The van der Waals surface area contributed by atoms with Crippen molar-refractivity contribution in [3.05, 3.63) is 0 Å². The van der Waals surface area contributed by atoms with Crippen molar-refractivity contribution in [2.45, 2.75) is 46.6 Å². The van der Waals surface area contributed by atoms with Crippen LogP contribution in [0, 0.1) is 11.8 Å². The van der Waals surface area contributed by atoms with Crippen LogP contribution in [0.5, 0.6) is 0 Å². The predicted molar refractivity (Wildman–Crippen MR) is 44.9 cm³/mol. The van der Waals surface area contributed by atoms with Gasteiger partial charge in [0.1, 0.15) is 0 Å². The molecule has 62 valence electrons. The van der Waals surface area contributed by atoms with Gasteiger partial charge < -0.3 is 5.11 Å². The maximum atomic E-state index is 9.04. The van der Waals surface area contributed by atoms with Crippen molar-refractivity contribution in [1.82, 2.24) is 0 Å². The van der Waals surface area contributed by atoms with E-state index in [2.05, 4.69) is 20.8 Å². The first kappa shape index (κ1) is 9.96. The van der Waals surface area contributed by atoms with E-state index in [0.717, 1.165) is 12.3 Å². The summed E-state index contributed by atoms with van der Waals surface area (Å²) in [6.45, 7) is 8.50. The molecule has 0 rings (SSSR count). The number of aliphatic hydroxyl groups excluding tert-OH is 1. The first-order valence-electron chi connectivity index (χ1n) is 4.20. The molecule has 0 aromatic rings. The van der Waals surface area contributed by atoms with Crippen LogP contribution >= 0.6 is 0 Å². The van der Waals surface area contributed by atoms with E-state index in [0.29, 0.717) is 5.92 Å². The molecule has 0 spiro atoms. The molecule has 0 aliphatic carbocycles. The summed E-state index contributed by atoms with van der Waals surface area (Å²) in [5.41, 5.74) is 0.